The molecule has 0 aliphatic heterocycles. The molecule has 0 spiro atoms. The lowest BCUT2D eigenvalue weighted by molar-refractivity contribution is 0.666. The fourth-order valence-electron chi connectivity index (χ4n) is 6.46. The molecule has 0 radical (unpaired) electrons. The van der Waals surface area contributed by atoms with Crippen LogP contribution in [0.1, 0.15) is 37.5 Å². The summed E-state index contributed by atoms with van der Waals surface area (Å²) >= 11 is 0. The molecule has 0 amide bonds. The Morgan fingerprint density at radius 3 is 2.45 bits per heavy atom. The van der Waals surface area contributed by atoms with Gasteiger partial charge < -0.3 is 9.55 Å². The summed E-state index contributed by atoms with van der Waals surface area (Å²) in [4.78, 5) is 8.31. The van der Waals surface area contributed by atoms with Crippen molar-refractivity contribution in [3.8, 4) is 16.9 Å². The molecule has 0 atom stereocenters. The predicted octanol–water partition coefficient (Wildman–Crippen LogP) is 9.08. The summed E-state index contributed by atoms with van der Waals surface area (Å²) in [5.41, 5.74) is 12.0. The number of rotatable bonds is 4. The number of hydrogen-bond acceptors (Lipinski definition) is 1. The summed E-state index contributed by atoms with van der Waals surface area (Å²) in [6.07, 6.45) is 5.64. The van der Waals surface area contributed by atoms with Crippen molar-refractivity contribution >= 4 is 38.4 Å². The Bertz CT molecular complexity index is 1960. The average Bonchev–Trinajstić information content (AvgIpc) is 3.56. The fourth-order valence-corrected chi connectivity index (χ4v) is 6.46. The molecule has 6 aromatic rings. The standard InChI is InChI=1S/C35H29N3/c1-5-12-29(36-6-2)22-17-20-30-27(21-22)24-18-19-26-31-33(25-15-10-11-16-28(25)35(31,3)4)38(34(26)32(24)37-30)23-13-8-7-9-14-23/h5-21,37H,2H2,1,3-4H3/b12-5-,36-29?. The lowest BCUT2D eigenvalue weighted by Gasteiger charge is -2.21. The number of allylic oxidation sites excluding steroid dienone is 2. The van der Waals surface area contributed by atoms with Crippen molar-refractivity contribution in [2.75, 3.05) is 0 Å². The van der Waals surface area contributed by atoms with Crippen molar-refractivity contribution < 1.29 is 0 Å². The zero-order valence-corrected chi connectivity index (χ0v) is 21.9. The molecule has 0 fully saturated rings. The first-order valence-corrected chi connectivity index (χ1v) is 13.1. The quantitative estimate of drug-likeness (QED) is 0.239. The van der Waals surface area contributed by atoms with Crippen LogP contribution < -0.4 is 0 Å². The Kier molecular flexibility index (Phi) is 4.86. The van der Waals surface area contributed by atoms with E-state index in [1.54, 1.807) is 6.20 Å². The van der Waals surface area contributed by atoms with Gasteiger partial charge in [-0.05, 0) is 48.4 Å². The van der Waals surface area contributed by atoms with Gasteiger partial charge in [-0.3, -0.25) is 4.99 Å². The first-order valence-electron chi connectivity index (χ1n) is 13.1. The van der Waals surface area contributed by atoms with Gasteiger partial charge in [0, 0.05) is 50.1 Å². The lowest BCUT2D eigenvalue weighted by Crippen LogP contribution is -2.14. The monoisotopic (exact) mass is 491 g/mol. The van der Waals surface area contributed by atoms with E-state index in [1.165, 1.54) is 49.7 Å². The molecule has 0 saturated carbocycles. The Morgan fingerprint density at radius 2 is 1.66 bits per heavy atom. The van der Waals surface area contributed by atoms with Crippen molar-refractivity contribution in [1.82, 2.24) is 9.55 Å². The molecular weight excluding hydrogens is 462 g/mol. The number of nitrogens with zero attached hydrogens (tertiary/aromatic N) is 2. The number of benzene rings is 4. The van der Waals surface area contributed by atoms with Gasteiger partial charge in [-0.2, -0.15) is 0 Å². The van der Waals surface area contributed by atoms with Crippen LogP contribution in [-0.4, -0.2) is 15.3 Å². The van der Waals surface area contributed by atoms with Crippen LogP contribution in [0.25, 0.3) is 49.7 Å². The molecular formula is C35H29N3. The Balaban J connectivity index is 1.62. The van der Waals surface area contributed by atoms with Crippen LogP contribution in [0.4, 0.5) is 0 Å². The van der Waals surface area contributed by atoms with Crippen molar-refractivity contribution in [3.63, 3.8) is 0 Å². The van der Waals surface area contributed by atoms with E-state index in [0.29, 0.717) is 0 Å². The maximum atomic E-state index is 4.51. The van der Waals surface area contributed by atoms with E-state index >= 15 is 0 Å². The largest absolute Gasteiger partial charge is 0.353 e. The van der Waals surface area contributed by atoms with Gasteiger partial charge in [0.15, 0.2) is 0 Å². The molecule has 3 nitrogen and oxygen atoms in total. The third kappa shape index (κ3) is 2.99. The fraction of sp³-hybridized carbons (Fsp3) is 0.114. The van der Waals surface area contributed by atoms with Crippen molar-refractivity contribution in [2.45, 2.75) is 26.2 Å². The first-order chi connectivity index (χ1) is 18.5. The molecule has 3 heteroatoms. The highest BCUT2D eigenvalue weighted by Crippen LogP contribution is 2.54. The number of para-hydroxylation sites is 1. The van der Waals surface area contributed by atoms with Gasteiger partial charge in [0.05, 0.1) is 22.4 Å². The van der Waals surface area contributed by atoms with Crippen LogP contribution >= 0.6 is 0 Å². The minimum Gasteiger partial charge on any atom is -0.353 e. The van der Waals surface area contributed by atoms with Crippen molar-refractivity contribution in [2.24, 2.45) is 4.99 Å². The number of H-pyrrole nitrogens is 1. The second kappa shape index (κ2) is 8.19. The molecule has 2 aromatic heterocycles. The zero-order chi connectivity index (χ0) is 26.0. The van der Waals surface area contributed by atoms with Gasteiger partial charge in [0.1, 0.15) is 0 Å². The van der Waals surface area contributed by atoms with Gasteiger partial charge >= 0.3 is 0 Å². The molecule has 0 bridgehead atoms. The van der Waals surface area contributed by atoms with Crippen LogP contribution in [0.2, 0.25) is 0 Å². The summed E-state index contributed by atoms with van der Waals surface area (Å²) in [5, 5.41) is 3.71. The number of aromatic amines is 1. The maximum absolute atomic E-state index is 4.51. The minimum absolute atomic E-state index is 0.0976. The first kappa shape index (κ1) is 22.6. The van der Waals surface area contributed by atoms with E-state index in [4.69, 9.17) is 0 Å². The molecule has 1 aliphatic rings. The van der Waals surface area contributed by atoms with E-state index in [0.717, 1.165) is 22.3 Å². The maximum Gasteiger partial charge on any atom is 0.0780 e. The number of hydrogen-bond donors (Lipinski definition) is 1. The van der Waals surface area contributed by atoms with Crippen LogP contribution in [0, 0.1) is 0 Å². The van der Waals surface area contributed by atoms with Crippen LogP contribution in [0.5, 0.6) is 0 Å². The number of fused-ring (bicyclic) bond motifs is 9. The summed E-state index contributed by atoms with van der Waals surface area (Å²) in [7, 11) is 0. The summed E-state index contributed by atoms with van der Waals surface area (Å²) in [5.74, 6) is 0. The van der Waals surface area contributed by atoms with E-state index < -0.39 is 0 Å². The Labute approximate surface area is 222 Å². The molecule has 2 heterocycles. The van der Waals surface area contributed by atoms with Crippen LogP contribution in [-0.2, 0) is 5.41 Å². The van der Waals surface area contributed by atoms with E-state index in [2.05, 4.69) is 120 Å². The van der Waals surface area contributed by atoms with Gasteiger partial charge in [0.2, 0.25) is 0 Å². The number of aromatic nitrogens is 2. The summed E-state index contributed by atoms with van der Waals surface area (Å²) in [6, 6.07) is 30.8. The van der Waals surface area contributed by atoms with Crippen LogP contribution in [0.15, 0.2) is 115 Å². The third-order valence-electron chi connectivity index (χ3n) is 8.05. The highest BCUT2D eigenvalue weighted by Gasteiger charge is 2.40. The molecule has 0 saturated heterocycles. The molecule has 4 aromatic carbocycles. The van der Waals surface area contributed by atoms with E-state index in [1.807, 2.05) is 19.1 Å². The lowest BCUT2D eigenvalue weighted by atomic mass is 9.81. The highest BCUT2D eigenvalue weighted by molar-refractivity contribution is 6.20. The number of aliphatic imine (C=N–C) groups is 1. The van der Waals surface area contributed by atoms with E-state index in [-0.39, 0.29) is 5.41 Å². The highest BCUT2D eigenvalue weighted by atomic mass is 15.0. The van der Waals surface area contributed by atoms with Gasteiger partial charge in [-0.1, -0.05) is 87.2 Å². The SMILES string of the molecule is C=CN=C(/C=C\C)c1ccc2[nH]c3c(ccc4c5c(n(-c6ccccc6)c43)-c3ccccc3C5(C)C)c2c1. The second-order valence-electron chi connectivity index (χ2n) is 10.5. The normalized spacial score (nSPS) is 14.6. The molecule has 0 unspecified atom stereocenters. The zero-order valence-electron chi connectivity index (χ0n) is 21.9. The molecule has 1 aliphatic carbocycles. The average molecular weight is 492 g/mol. The van der Waals surface area contributed by atoms with Gasteiger partial charge in [-0.15, -0.1) is 0 Å². The topological polar surface area (TPSA) is 33.1 Å². The Morgan fingerprint density at radius 1 is 0.895 bits per heavy atom. The predicted molar refractivity (Wildman–Crippen MR) is 162 cm³/mol. The molecule has 38 heavy (non-hydrogen) atoms. The molecule has 184 valence electrons. The van der Waals surface area contributed by atoms with E-state index in [9.17, 15) is 0 Å². The Hall–Kier alpha value is -4.63. The third-order valence-corrected chi connectivity index (χ3v) is 8.05. The smallest absolute Gasteiger partial charge is 0.0780 e. The van der Waals surface area contributed by atoms with Gasteiger partial charge in [-0.25, -0.2) is 0 Å². The summed E-state index contributed by atoms with van der Waals surface area (Å²) < 4.78 is 2.47. The minimum atomic E-state index is -0.0976. The van der Waals surface area contributed by atoms with Crippen molar-refractivity contribution in [3.05, 3.63) is 127 Å². The van der Waals surface area contributed by atoms with Gasteiger partial charge in [0.25, 0.3) is 0 Å². The van der Waals surface area contributed by atoms with Crippen LogP contribution in [0.3, 0.4) is 0 Å². The van der Waals surface area contributed by atoms with Crippen molar-refractivity contribution in [1.29, 1.82) is 0 Å². The number of nitrogens with one attached hydrogen (secondary N) is 1. The summed E-state index contributed by atoms with van der Waals surface area (Å²) in [6.45, 7) is 10.5. The molecule has 7 rings (SSSR count). The second-order valence-corrected chi connectivity index (χ2v) is 10.5. The molecule has 1 N–H and O–H groups in total.